The number of benzene rings is 1. The zero-order valence-corrected chi connectivity index (χ0v) is 12.6. The number of hydrogen-bond donors (Lipinski definition) is 1. The van der Waals surface area contributed by atoms with Crippen LogP contribution in [0.5, 0.6) is 5.75 Å². The number of carbonyl (C=O) groups is 2. The van der Waals surface area contributed by atoms with Crippen LogP contribution in [-0.2, 0) is 20.7 Å². The summed E-state index contributed by atoms with van der Waals surface area (Å²) in [6.07, 6.45) is 0.225. The van der Waals surface area contributed by atoms with Gasteiger partial charge in [0.15, 0.2) is 0 Å². The van der Waals surface area contributed by atoms with Crippen molar-refractivity contribution in [1.29, 1.82) is 0 Å². The van der Waals surface area contributed by atoms with Gasteiger partial charge in [-0.3, -0.25) is 4.79 Å². The zero-order valence-electron chi connectivity index (χ0n) is 12.6. The number of methoxy groups -OCH3 is 2. The highest BCUT2D eigenvalue weighted by atomic mass is 16.5. The molecule has 0 aliphatic heterocycles. The van der Waals surface area contributed by atoms with Gasteiger partial charge < -0.3 is 14.8 Å². The standard InChI is InChI=1S/C15H21NO4/c1-9-6-12(19-4)7-10(2)13(9)8-14(17)16-11(3)15(18)20-5/h6-7,11H,8H2,1-5H3,(H,16,17)/t11-/m0/s1. The second-order valence-electron chi connectivity index (χ2n) is 4.73. The molecule has 0 fully saturated rings. The molecular weight excluding hydrogens is 258 g/mol. The number of esters is 1. The summed E-state index contributed by atoms with van der Waals surface area (Å²) in [5, 5.41) is 2.62. The second kappa shape index (κ2) is 6.93. The van der Waals surface area contributed by atoms with E-state index in [1.54, 1.807) is 14.0 Å². The predicted molar refractivity (Wildman–Crippen MR) is 75.8 cm³/mol. The van der Waals surface area contributed by atoms with Gasteiger partial charge in [0.1, 0.15) is 11.8 Å². The number of carbonyl (C=O) groups excluding carboxylic acids is 2. The first-order valence-corrected chi connectivity index (χ1v) is 6.40. The van der Waals surface area contributed by atoms with E-state index >= 15 is 0 Å². The maximum Gasteiger partial charge on any atom is 0.328 e. The third-order valence-corrected chi connectivity index (χ3v) is 3.17. The first-order valence-electron chi connectivity index (χ1n) is 6.40. The van der Waals surface area contributed by atoms with Gasteiger partial charge in [0, 0.05) is 0 Å². The van der Waals surface area contributed by atoms with Crippen LogP contribution in [0.4, 0.5) is 0 Å². The normalized spacial score (nSPS) is 11.7. The maximum absolute atomic E-state index is 12.0. The molecule has 5 heteroatoms. The highest BCUT2D eigenvalue weighted by Gasteiger charge is 2.17. The molecule has 1 rings (SSSR count). The topological polar surface area (TPSA) is 64.6 Å². The van der Waals surface area contributed by atoms with Crippen LogP contribution in [0.1, 0.15) is 23.6 Å². The highest BCUT2D eigenvalue weighted by molar-refractivity contribution is 5.85. The molecule has 0 spiro atoms. The van der Waals surface area contributed by atoms with E-state index in [-0.39, 0.29) is 12.3 Å². The number of rotatable bonds is 5. The average Bonchev–Trinajstić information content (AvgIpc) is 2.41. The van der Waals surface area contributed by atoms with Crippen molar-refractivity contribution in [3.8, 4) is 5.75 Å². The van der Waals surface area contributed by atoms with Gasteiger partial charge >= 0.3 is 5.97 Å². The van der Waals surface area contributed by atoms with Crippen molar-refractivity contribution < 1.29 is 19.1 Å². The zero-order chi connectivity index (χ0) is 15.3. The predicted octanol–water partition coefficient (Wildman–Crippen LogP) is 1.53. The van der Waals surface area contributed by atoms with Crippen LogP contribution in [0, 0.1) is 13.8 Å². The monoisotopic (exact) mass is 279 g/mol. The van der Waals surface area contributed by atoms with Crippen molar-refractivity contribution in [1.82, 2.24) is 5.32 Å². The molecule has 1 aromatic rings. The van der Waals surface area contributed by atoms with E-state index in [1.165, 1.54) is 7.11 Å². The SMILES string of the molecule is COC(=O)[C@H](C)NC(=O)Cc1c(C)cc(OC)cc1C. The molecule has 1 aromatic carbocycles. The van der Waals surface area contributed by atoms with E-state index in [0.717, 1.165) is 22.4 Å². The molecule has 0 aliphatic carbocycles. The smallest absolute Gasteiger partial charge is 0.328 e. The Balaban J connectivity index is 2.79. The molecule has 0 unspecified atom stereocenters. The molecule has 0 radical (unpaired) electrons. The van der Waals surface area contributed by atoms with E-state index in [9.17, 15) is 9.59 Å². The molecule has 0 saturated heterocycles. The molecule has 1 N–H and O–H groups in total. The first kappa shape index (κ1) is 16.0. The van der Waals surface area contributed by atoms with Gasteiger partial charge in [0.2, 0.25) is 5.91 Å². The van der Waals surface area contributed by atoms with Gasteiger partial charge in [-0.15, -0.1) is 0 Å². The van der Waals surface area contributed by atoms with Crippen LogP contribution in [0.3, 0.4) is 0 Å². The fraction of sp³-hybridized carbons (Fsp3) is 0.467. The van der Waals surface area contributed by atoms with Crippen molar-refractivity contribution in [2.24, 2.45) is 0 Å². The molecule has 5 nitrogen and oxygen atoms in total. The van der Waals surface area contributed by atoms with Crippen LogP contribution in [0.25, 0.3) is 0 Å². The Kier molecular flexibility index (Phi) is 5.55. The fourth-order valence-corrected chi connectivity index (χ4v) is 2.04. The van der Waals surface area contributed by atoms with E-state index in [4.69, 9.17) is 4.74 Å². The summed E-state index contributed by atoms with van der Waals surface area (Å²) in [6, 6.07) is 3.13. The summed E-state index contributed by atoms with van der Waals surface area (Å²) in [5.41, 5.74) is 2.92. The van der Waals surface area contributed by atoms with Crippen molar-refractivity contribution >= 4 is 11.9 Å². The third kappa shape index (κ3) is 3.98. The van der Waals surface area contributed by atoms with Crippen LogP contribution in [0.15, 0.2) is 12.1 Å². The van der Waals surface area contributed by atoms with Crippen LogP contribution in [0.2, 0.25) is 0 Å². The van der Waals surface area contributed by atoms with Crippen molar-refractivity contribution in [2.75, 3.05) is 14.2 Å². The minimum absolute atomic E-state index is 0.209. The van der Waals surface area contributed by atoms with Gasteiger partial charge in [-0.2, -0.15) is 0 Å². The molecule has 1 atom stereocenters. The largest absolute Gasteiger partial charge is 0.497 e. The lowest BCUT2D eigenvalue weighted by Crippen LogP contribution is -2.40. The van der Waals surface area contributed by atoms with Gasteiger partial charge in [0.25, 0.3) is 0 Å². The Morgan fingerprint density at radius 1 is 1.20 bits per heavy atom. The molecule has 110 valence electrons. The number of aryl methyl sites for hydroxylation is 2. The van der Waals surface area contributed by atoms with E-state index < -0.39 is 12.0 Å². The lowest BCUT2D eigenvalue weighted by atomic mass is 9.99. The number of nitrogens with one attached hydrogen (secondary N) is 1. The molecule has 1 amide bonds. The van der Waals surface area contributed by atoms with Crippen molar-refractivity contribution in [3.05, 3.63) is 28.8 Å². The summed E-state index contributed by atoms with van der Waals surface area (Å²) >= 11 is 0. The lowest BCUT2D eigenvalue weighted by Gasteiger charge is -2.14. The van der Waals surface area contributed by atoms with E-state index in [2.05, 4.69) is 10.1 Å². The Morgan fingerprint density at radius 3 is 2.20 bits per heavy atom. The van der Waals surface area contributed by atoms with Gasteiger partial charge in [-0.1, -0.05) is 0 Å². The van der Waals surface area contributed by atoms with Crippen LogP contribution < -0.4 is 10.1 Å². The lowest BCUT2D eigenvalue weighted by molar-refractivity contribution is -0.144. The Bertz CT molecular complexity index is 488. The highest BCUT2D eigenvalue weighted by Crippen LogP contribution is 2.22. The summed E-state index contributed by atoms with van der Waals surface area (Å²) in [6.45, 7) is 5.46. The Morgan fingerprint density at radius 2 is 1.75 bits per heavy atom. The quantitative estimate of drug-likeness (QED) is 0.830. The summed E-state index contributed by atoms with van der Waals surface area (Å²) in [7, 11) is 2.90. The van der Waals surface area contributed by atoms with Gasteiger partial charge in [-0.25, -0.2) is 4.79 Å². The van der Waals surface area contributed by atoms with E-state index in [1.807, 2.05) is 26.0 Å². The maximum atomic E-state index is 12.0. The number of ether oxygens (including phenoxy) is 2. The Hall–Kier alpha value is -2.04. The molecule has 20 heavy (non-hydrogen) atoms. The van der Waals surface area contributed by atoms with Crippen LogP contribution in [-0.4, -0.2) is 32.1 Å². The molecule has 0 saturated carbocycles. The van der Waals surface area contributed by atoms with Crippen molar-refractivity contribution in [2.45, 2.75) is 33.2 Å². The molecule has 0 bridgehead atoms. The van der Waals surface area contributed by atoms with Gasteiger partial charge in [0.05, 0.1) is 20.6 Å². The number of amides is 1. The van der Waals surface area contributed by atoms with Gasteiger partial charge in [-0.05, 0) is 49.6 Å². The minimum atomic E-state index is -0.647. The summed E-state index contributed by atoms with van der Waals surface area (Å²) < 4.78 is 9.76. The van der Waals surface area contributed by atoms with Crippen molar-refractivity contribution in [3.63, 3.8) is 0 Å². The number of hydrogen-bond acceptors (Lipinski definition) is 4. The molecule has 0 aliphatic rings. The molecule has 0 aromatic heterocycles. The molecule has 0 heterocycles. The Labute approximate surface area is 119 Å². The fourth-order valence-electron chi connectivity index (χ4n) is 2.04. The second-order valence-corrected chi connectivity index (χ2v) is 4.73. The minimum Gasteiger partial charge on any atom is -0.497 e. The first-order chi connectivity index (χ1) is 9.38. The van der Waals surface area contributed by atoms with E-state index in [0.29, 0.717) is 0 Å². The third-order valence-electron chi connectivity index (χ3n) is 3.17. The molecular formula is C15H21NO4. The average molecular weight is 279 g/mol. The summed E-state index contributed by atoms with van der Waals surface area (Å²) in [5.74, 6) is 0.105. The van der Waals surface area contributed by atoms with Crippen LogP contribution >= 0.6 is 0 Å². The summed E-state index contributed by atoms with van der Waals surface area (Å²) in [4.78, 5) is 23.2.